The van der Waals surface area contributed by atoms with Crippen molar-refractivity contribution in [3.05, 3.63) is 95.2 Å². The van der Waals surface area contributed by atoms with Gasteiger partial charge in [-0.25, -0.2) is 0 Å². The molecule has 1 fully saturated rings. The smallest absolute Gasteiger partial charge is 0.295 e. The second-order valence-electron chi connectivity index (χ2n) is 8.99. The van der Waals surface area contributed by atoms with Crippen molar-refractivity contribution in [2.45, 2.75) is 19.4 Å². The molecule has 0 radical (unpaired) electrons. The molecule has 2 heterocycles. The molecule has 1 aliphatic heterocycles. The number of para-hydroxylation sites is 1. The number of likely N-dealkylation sites (tertiary alicyclic amines) is 1. The molecule has 0 spiro atoms. The van der Waals surface area contributed by atoms with E-state index in [1.165, 1.54) is 18.1 Å². The number of methoxy groups -OCH3 is 1. The predicted octanol–water partition coefficient (Wildman–Crippen LogP) is 4.95. The first-order valence-electron chi connectivity index (χ1n) is 12.4. The lowest BCUT2D eigenvalue weighted by Gasteiger charge is -2.26. The van der Waals surface area contributed by atoms with Crippen LogP contribution >= 0.6 is 0 Å². The first-order chi connectivity index (χ1) is 18.4. The Labute approximate surface area is 219 Å². The maximum Gasteiger partial charge on any atom is 0.295 e. The van der Waals surface area contributed by atoms with Crippen molar-refractivity contribution in [1.82, 2.24) is 9.88 Å². The van der Waals surface area contributed by atoms with Crippen LogP contribution in [0.3, 0.4) is 0 Å². The Morgan fingerprint density at radius 1 is 1.05 bits per heavy atom. The van der Waals surface area contributed by atoms with Crippen molar-refractivity contribution in [3.8, 4) is 17.2 Å². The van der Waals surface area contributed by atoms with Crippen LogP contribution in [0.1, 0.15) is 29.7 Å². The highest BCUT2D eigenvalue weighted by Gasteiger charge is 2.46. The zero-order valence-electron chi connectivity index (χ0n) is 21.1. The minimum absolute atomic E-state index is 0.0211. The first-order valence-corrected chi connectivity index (χ1v) is 12.4. The molecule has 3 aromatic carbocycles. The van der Waals surface area contributed by atoms with Crippen LogP contribution in [0.5, 0.6) is 17.2 Å². The molecule has 5 rings (SSSR count). The summed E-state index contributed by atoms with van der Waals surface area (Å²) in [5, 5.41) is 22.6. The molecule has 3 N–H and O–H groups in total. The van der Waals surface area contributed by atoms with Crippen molar-refractivity contribution in [2.24, 2.45) is 0 Å². The van der Waals surface area contributed by atoms with Crippen LogP contribution < -0.4 is 9.47 Å². The summed E-state index contributed by atoms with van der Waals surface area (Å²) >= 11 is 0. The lowest BCUT2D eigenvalue weighted by molar-refractivity contribution is -0.139. The number of phenols is 1. The highest BCUT2D eigenvalue weighted by atomic mass is 16.5. The fourth-order valence-corrected chi connectivity index (χ4v) is 4.91. The van der Waals surface area contributed by atoms with Crippen molar-refractivity contribution < 1.29 is 29.3 Å². The molecule has 1 aliphatic rings. The molecule has 1 unspecified atom stereocenters. The number of nitrogens with one attached hydrogen (secondary N) is 1. The zero-order valence-corrected chi connectivity index (χ0v) is 21.1. The highest BCUT2D eigenvalue weighted by Crippen LogP contribution is 2.42. The number of H-pyrrole nitrogens is 1. The maximum atomic E-state index is 13.4. The van der Waals surface area contributed by atoms with Crippen molar-refractivity contribution in [2.75, 3.05) is 20.3 Å². The number of ether oxygens (including phenoxy) is 2. The summed E-state index contributed by atoms with van der Waals surface area (Å²) in [5.74, 6) is -0.976. The Morgan fingerprint density at radius 2 is 1.82 bits per heavy atom. The third-order valence-corrected chi connectivity index (χ3v) is 6.80. The fourth-order valence-electron chi connectivity index (χ4n) is 4.91. The largest absolute Gasteiger partial charge is 0.507 e. The minimum Gasteiger partial charge on any atom is -0.507 e. The van der Waals surface area contributed by atoms with E-state index in [4.69, 9.17) is 9.47 Å². The summed E-state index contributed by atoms with van der Waals surface area (Å²) in [6, 6.07) is 18.3. The Balaban J connectivity index is 1.58. The number of amides is 1. The van der Waals surface area contributed by atoms with E-state index in [9.17, 15) is 19.8 Å². The number of aliphatic hydroxyl groups excluding tert-OH is 1. The van der Waals surface area contributed by atoms with Gasteiger partial charge in [-0.05, 0) is 66.9 Å². The quantitative estimate of drug-likeness (QED) is 0.175. The van der Waals surface area contributed by atoms with Crippen LogP contribution in [0.25, 0.3) is 16.7 Å². The highest BCUT2D eigenvalue weighted by molar-refractivity contribution is 6.46. The summed E-state index contributed by atoms with van der Waals surface area (Å²) in [4.78, 5) is 31.4. The molecule has 0 aliphatic carbocycles. The normalized spacial score (nSPS) is 16.8. The van der Waals surface area contributed by atoms with Gasteiger partial charge in [0.05, 0.1) is 25.3 Å². The van der Waals surface area contributed by atoms with Crippen LogP contribution in [0.15, 0.2) is 78.5 Å². The summed E-state index contributed by atoms with van der Waals surface area (Å²) < 4.78 is 10.8. The number of fused-ring (bicyclic) bond motifs is 1. The summed E-state index contributed by atoms with van der Waals surface area (Å²) in [6.45, 7) is 2.36. The molecule has 8 nitrogen and oxygen atoms in total. The summed E-state index contributed by atoms with van der Waals surface area (Å²) in [7, 11) is 1.54. The van der Waals surface area contributed by atoms with E-state index in [1.54, 1.807) is 43.3 Å². The van der Waals surface area contributed by atoms with Crippen LogP contribution in [0, 0.1) is 0 Å². The van der Waals surface area contributed by atoms with Crippen molar-refractivity contribution >= 4 is 28.4 Å². The van der Waals surface area contributed by atoms with Gasteiger partial charge in [-0.1, -0.05) is 24.3 Å². The topological polar surface area (TPSA) is 112 Å². The Hall–Kier alpha value is -4.72. The first kappa shape index (κ1) is 25.0. The van der Waals surface area contributed by atoms with E-state index < -0.39 is 17.7 Å². The van der Waals surface area contributed by atoms with Crippen molar-refractivity contribution in [3.63, 3.8) is 0 Å². The second kappa shape index (κ2) is 10.3. The lowest BCUT2D eigenvalue weighted by atomic mass is 9.94. The number of aromatic hydroxyl groups is 1. The standard InChI is InChI=1S/C30H28N2O6/c1-3-38-25-16-19(10-13-24(25)33)27-26(28(34)18-8-11-21(37-2)12-9-18)29(35)30(36)32(27)15-14-20-17-31-23-7-5-4-6-22(20)23/h4-13,16-17,27,31,33-34H,3,14-15H2,1-2H3/b28-26-. The monoisotopic (exact) mass is 512 g/mol. The van der Waals surface area contributed by atoms with E-state index >= 15 is 0 Å². The molecule has 38 heavy (non-hydrogen) atoms. The minimum atomic E-state index is -0.873. The number of hydrogen-bond donors (Lipinski definition) is 3. The number of benzene rings is 3. The van der Waals surface area contributed by atoms with Gasteiger partial charge in [-0.2, -0.15) is 0 Å². The molecular weight excluding hydrogens is 484 g/mol. The van der Waals surface area contributed by atoms with Gasteiger partial charge in [-0.15, -0.1) is 0 Å². The fraction of sp³-hybridized carbons (Fsp3) is 0.200. The van der Waals surface area contributed by atoms with E-state index in [0.29, 0.717) is 29.9 Å². The van der Waals surface area contributed by atoms with E-state index in [1.807, 2.05) is 30.5 Å². The van der Waals surface area contributed by atoms with Gasteiger partial charge in [-0.3, -0.25) is 9.59 Å². The van der Waals surface area contributed by atoms with Crippen LogP contribution in [0.4, 0.5) is 0 Å². The number of hydrogen-bond acceptors (Lipinski definition) is 6. The number of carbonyl (C=O) groups excluding carboxylic acids is 2. The number of aliphatic hydroxyl groups is 1. The predicted molar refractivity (Wildman–Crippen MR) is 143 cm³/mol. The molecule has 1 amide bonds. The van der Waals surface area contributed by atoms with Gasteiger partial charge < -0.3 is 29.6 Å². The molecular formula is C30H28N2O6. The third-order valence-electron chi connectivity index (χ3n) is 6.80. The third kappa shape index (κ3) is 4.45. The van der Waals surface area contributed by atoms with Gasteiger partial charge in [0.1, 0.15) is 11.5 Å². The molecule has 8 heteroatoms. The van der Waals surface area contributed by atoms with E-state index in [2.05, 4.69) is 4.98 Å². The van der Waals surface area contributed by atoms with Crippen LogP contribution in [-0.4, -0.2) is 52.0 Å². The van der Waals surface area contributed by atoms with Gasteiger partial charge in [0.2, 0.25) is 0 Å². The van der Waals surface area contributed by atoms with Gasteiger partial charge in [0, 0.05) is 29.2 Å². The summed E-state index contributed by atoms with van der Waals surface area (Å²) in [6.07, 6.45) is 2.40. The van der Waals surface area contributed by atoms with Gasteiger partial charge >= 0.3 is 0 Å². The SMILES string of the molecule is CCOc1cc(C2/C(=C(/O)c3ccc(OC)cc3)C(=O)C(=O)N2CCc2c[nH]c3ccccc23)ccc1O. The average molecular weight is 513 g/mol. The van der Waals surface area contributed by atoms with Gasteiger partial charge in [0.15, 0.2) is 11.5 Å². The number of rotatable bonds is 8. The number of nitrogens with zero attached hydrogens (tertiary/aromatic N) is 1. The molecule has 1 saturated heterocycles. The number of aromatic nitrogens is 1. The number of Topliss-reactive ketones (excluding diaryl/α,β-unsaturated/α-hetero) is 1. The number of phenolic OH excluding ortho intramolecular Hbond substituents is 1. The molecule has 0 saturated carbocycles. The number of aromatic amines is 1. The molecule has 1 aromatic heterocycles. The van der Waals surface area contributed by atoms with Crippen molar-refractivity contribution in [1.29, 1.82) is 0 Å². The van der Waals surface area contributed by atoms with Crippen LogP contribution in [0.2, 0.25) is 0 Å². The lowest BCUT2D eigenvalue weighted by Crippen LogP contribution is -2.31. The number of ketones is 1. The average Bonchev–Trinajstić information content (AvgIpc) is 3.46. The molecule has 4 aromatic rings. The summed E-state index contributed by atoms with van der Waals surface area (Å²) in [5.41, 5.74) is 2.90. The Kier molecular flexibility index (Phi) is 6.79. The van der Waals surface area contributed by atoms with Crippen LogP contribution in [-0.2, 0) is 16.0 Å². The second-order valence-corrected chi connectivity index (χ2v) is 8.99. The number of carbonyl (C=O) groups is 2. The van der Waals surface area contributed by atoms with Gasteiger partial charge in [0.25, 0.3) is 11.7 Å². The van der Waals surface area contributed by atoms with E-state index in [-0.39, 0.29) is 29.4 Å². The molecule has 1 atom stereocenters. The maximum absolute atomic E-state index is 13.4. The Morgan fingerprint density at radius 3 is 2.55 bits per heavy atom. The van der Waals surface area contributed by atoms with E-state index in [0.717, 1.165) is 16.5 Å². The Bertz CT molecular complexity index is 1540. The molecule has 0 bridgehead atoms. The zero-order chi connectivity index (χ0) is 26.8. The molecule has 194 valence electrons.